The first kappa shape index (κ1) is 69.5. The minimum atomic E-state index is -1.94. The van der Waals surface area contributed by atoms with Crippen molar-refractivity contribution >= 4 is 65.1 Å². The highest BCUT2D eigenvalue weighted by molar-refractivity contribution is 5.99. The molecule has 29 nitrogen and oxygen atoms in total. The van der Waals surface area contributed by atoms with Gasteiger partial charge in [-0.3, -0.25) is 47.9 Å². The number of aliphatic hydroxyl groups is 2. The van der Waals surface area contributed by atoms with Crippen molar-refractivity contribution in [2.24, 2.45) is 29.2 Å². The van der Waals surface area contributed by atoms with Gasteiger partial charge < -0.3 is 89.4 Å². The molecule has 1 aromatic heterocycles. The normalized spacial score (nSPS) is 16.8. The van der Waals surface area contributed by atoms with E-state index < -0.39 is 145 Å². The second-order valence-corrected chi connectivity index (χ2v) is 21.9. The fourth-order valence-corrected chi connectivity index (χ4v) is 8.98. The number of amides is 9. The number of H-pyrrole nitrogens is 1. The smallest absolute Gasteiger partial charge is 0.326 e. The number of carboxylic acids is 2. The number of carbonyl (C=O) groups excluding carboxylic acids is 9. The lowest BCUT2D eigenvalue weighted by Crippen LogP contribution is -2.62. The molecule has 2 aromatic rings. The van der Waals surface area contributed by atoms with Crippen LogP contribution in [0.5, 0.6) is 5.75 Å². The number of aliphatic carboxylic acids is 2. The number of imidazole rings is 1. The maximum atomic E-state index is 14.4. The van der Waals surface area contributed by atoms with Gasteiger partial charge in [-0.05, 0) is 93.9 Å². The Bertz CT molecular complexity index is 2510. The first-order valence-corrected chi connectivity index (χ1v) is 27.7. The molecule has 0 saturated carbocycles. The van der Waals surface area contributed by atoms with E-state index >= 15 is 0 Å². The fraction of sp³-hybridized carbons (Fsp3) is 0.630. The fourth-order valence-electron chi connectivity index (χ4n) is 8.98. The van der Waals surface area contributed by atoms with Crippen molar-refractivity contribution < 1.29 is 78.3 Å². The van der Waals surface area contributed by atoms with E-state index in [-0.39, 0.29) is 81.5 Å². The number of benzene rings is 1. The number of aromatic hydroxyl groups is 1. The zero-order valence-corrected chi connectivity index (χ0v) is 48.0. The highest BCUT2D eigenvalue weighted by atomic mass is 16.4. The average molecular weight is 1170 g/mol. The molecule has 0 unspecified atom stereocenters. The maximum Gasteiger partial charge on any atom is 0.326 e. The van der Waals surface area contributed by atoms with Crippen LogP contribution in [0.3, 0.4) is 0 Å². The van der Waals surface area contributed by atoms with E-state index in [2.05, 4.69) is 52.5 Å². The lowest BCUT2D eigenvalue weighted by Gasteiger charge is -2.31. The minimum Gasteiger partial charge on any atom is -0.508 e. The molecule has 1 fully saturated rings. The molecule has 3 rings (SSSR count). The molecule has 1 saturated heterocycles. The van der Waals surface area contributed by atoms with E-state index in [0.29, 0.717) is 24.1 Å². The quantitative estimate of drug-likeness (QED) is 0.0304. The topological polar surface area (TPSA) is 469 Å². The summed E-state index contributed by atoms with van der Waals surface area (Å²) in [5, 5.41) is 70.7. The number of phenolic OH excluding ortho intramolecular Hbond substituents is 1. The van der Waals surface area contributed by atoms with E-state index in [9.17, 15) is 78.3 Å². The zero-order chi connectivity index (χ0) is 62.2. The van der Waals surface area contributed by atoms with Gasteiger partial charge in [0.05, 0.1) is 31.5 Å². The number of nitrogens with two attached hydrogens (primary N) is 2. The third kappa shape index (κ3) is 22.8. The predicted molar refractivity (Wildman–Crippen MR) is 298 cm³/mol. The molecule has 2 heterocycles. The number of aromatic amines is 1. The Kier molecular flexibility index (Phi) is 28.5. The Morgan fingerprint density at radius 1 is 0.663 bits per heavy atom. The standard InChI is InChI=1S/C54H85N13O16/c1-27(2)19-35(63-51(79)43(56)29(5)6)45(73)65-40(25-68)53(81)67-18-10-12-41(67)50(78)62-37(21-31-13-15-33(70)16-14-31)46(74)61-39(23-42(71)72)48(76)60-36(20-28(3)4)49(77)66-44(30(7)69)52(80)64-38(22-32-24-57-26-58-32)47(75)59-34(54(82)83)11-8-9-17-55/h13-16,24,26-30,34-41,43-44,68-70H,8-12,17-23,25,55-56H2,1-7H3,(H,57,58)(H,59,75)(H,60,76)(H,61,74)(H,62,78)(H,63,79)(H,64,80)(H,65,73)(H,66,77)(H,71,72)(H,82,83)/t30-,34+,35+,36+,37+,38+,39+,40+,41+,43+,44+/m1/s1. The number of carboxylic acid groups (broad SMARTS) is 2. The molecule has 0 spiro atoms. The summed E-state index contributed by atoms with van der Waals surface area (Å²) in [6, 6.07) is -9.22. The van der Waals surface area contributed by atoms with Crippen LogP contribution >= 0.6 is 0 Å². The molecule has 1 aliphatic heterocycles. The van der Waals surface area contributed by atoms with Crippen molar-refractivity contribution in [3.05, 3.63) is 48.0 Å². The lowest BCUT2D eigenvalue weighted by atomic mass is 10.00. The number of nitrogens with zero attached hydrogens (tertiary/aromatic N) is 2. The summed E-state index contributed by atoms with van der Waals surface area (Å²) in [6.45, 7) is 10.9. The molecule has 18 N–H and O–H groups in total. The largest absolute Gasteiger partial charge is 0.508 e. The number of nitrogens with one attached hydrogen (secondary N) is 9. The van der Waals surface area contributed by atoms with Crippen LogP contribution in [0, 0.1) is 17.8 Å². The van der Waals surface area contributed by atoms with Crippen LogP contribution in [0.4, 0.5) is 0 Å². The summed E-state index contributed by atoms with van der Waals surface area (Å²) in [4.78, 5) is 157. The van der Waals surface area contributed by atoms with E-state index in [0.717, 1.165) is 11.8 Å². The van der Waals surface area contributed by atoms with Crippen molar-refractivity contribution in [2.75, 3.05) is 19.7 Å². The van der Waals surface area contributed by atoms with Gasteiger partial charge >= 0.3 is 11.9 Å². The van der Waals surface area contributed by atoms with Gasteiger partial charge in [-0.1, -0.05) is 53.7 Å². The molecule has 11 atom stereocenters. The van der Waals surface area contributed by atoms with Gasteiger partial charge in [0.2, 0.25) is 53.2 Å². The predicted octanol–water partition coefficient (Wildman–Crippen LogP) is -3.09. The van der Waals surface area contributed by atoms with Crippen molar-refractivity contribution in [3.63, 3.8) is 0 Å². The molecule has 9 amide bonds. The van der Waals surface area contributed by atoms with Crippen molar-refractivity contribution in [3.8, 4) is 5.75 Å². The van der Waals surface area contributed by atoms with Gasteiger partial charge in [0.15, 0.2) is 0 Å². The molecular formula is C54H85N13O16. The van der Waals surface area contributed by atoms with Crippen LogP contribution in [0.1, 0.15) is 111 Å². The lowest BCUT2D eigenvalue weighted by molar-refractivity contribution is -0.143. The number of aliphatic hydroxyl groups excluding tert-OH is 2. The summed E-state index contributed by atoms with van der Waals surface area (Å²) in [6.07, 6.45) is 0.586. The van der Waals surface area contributed by atoms with Crippen LogP contribution in [-0.2, 0) is 65.6 Å². The number of phenols is 1. The SMILES string of the molecule is CC(C)C[C@H](NC(=O)[C@H](CC(=O)O)NC(=O)[C@H](Cc1ccc(O)cc1)NC(=O)[C@@H]1CCCN1C(=O)[C@H](CO)NC(=O)[C@H](CC(C)C)NC(=O)[C@@H](N)C(C)C)C(=O)N[C@H](C(=O)N[C@@H](Cc1cnc[nH]1)C(=O)N[C@@H](CCCCN)C(=O)O)[C@@H](C)O. The number of likely N-dealkylation sites (tertiary alicyclic amines) is 1. The third-order valence-corrected chi connectivity index (χ3v) is 13.6. The van der Waals surface area contributed by atoms with Crippen LogP contribution in [0.15, 0.2) is 36.8 Å². The van der Waals surface area contributed by atoms with Gasteiger partial charge in [0.1, 0.15) is 60.1 Å². The Morgan fingerprint density at radius 3 is 1.70 bits per heavy atom. The first-order chi connectivity index (χ1) is 39.1. The van der Waals surface area contributed by atoms with Crippen molar-refractivity contribution in [1.29, 1.82) is 0 Å². The summed E-state index contributed by atoms with van der Waals surface area (Å²) >= 11 is 0. The van der Waals surface area contributed by atoms with Crippen LogP contribution < -0.4 is 54.0 Å². The average Bonchev–Trinajstić information content (AvgIpc) is 4.38. The zero-order valence-electron chi connectivity index (χ0n) is 48.0. The number of rotatable bonds is 35. The number of hydrogen-bond donors (Lipinski definition) is 16. The highest BCUT2D eigenvalue weighted by Gasteiger charge is 2.41. The second-order valence-electron chi connectivity index (χ2n) is 21.9. The van der Waals surface area contributed by atoms with Crippen LogP contribution in [0.25, 0.3) is 0 Å². The summed E-state index contributed by atoms with van der Waals surface area (Å²) in [5.74, 6) is -12.3. The maximum absolute atomic E-state index is 14.4. The van der Waals surface area contributed by atoms with Gasteiger partial charge in [0.25, 0.3) is 0 Å². The van der Waals surface area contributed by atoms with E-state index in [1.54, 1.807) is 27.7 Å². The Labute approximate surface area is 481 Å². The Balaban J connectivity index is 1.88. The molecule has 0 aliphatic carbocycles. The summed E-state index contributed by atoms with van der Waals surface area (Å²) in [5.41, 5.74) is 12.3. The summed E-state index contributed by atoms with van der Waals surface area (Å²) < 4.78 is 0. The van der Waals surface area contributed by atoms with Gasteiger partial charge in [0, 0.05) is 31.3 Å². The van der Waals surface area contributed by atoms with Crippen LogP contribution in [0.2, 0.25) is 0 Å². The van der Waals surface area contributed by atoms with E-state index in [4.69, 9.17) is 11.5 Å². The molecule has 0 bridgehead atoms. The minimum absolute atomic E-state index is 0.0168. The van der Waals surface area contributed by atoms with Crippen molar-refractivity contribution in [1.82, 2.24) is 57.4 Å². The Morgan fingerprint density at radius 2 is 1.18 bits per heavy atom. The van der Waals surface area contributed by atoms with E-state index in [1.165, 1.54) is 36.8 Å². The molecule has 1 aliphatic rings. The molecule has 83 heavy (non-hydrogen) atoms. The Hall–Kier alpha value is -7.76. The summed E-state index contributed by atoms with van der Waals surface area (Å²) in [7, 11) is 0. The number of hydrogen-bond acceptors (Lipinski definition) is 17. The van der Waals surface area contributed by atoms with Crippen LogP contribution in [-0.4, -0.2) is 192 Å². The molecule has 29 heteroatoms. The molecule has 462 valence electrons. The number of carbonyl (C=O) groups is 11. The monoisotopic (exact) mass is 1170 g/mol. The molecule has 0 radical (unpaired) electrons. The molecular weight excluding hydrogens is 1090 g/mol. The second kappa shape index (κ2) is 34.0. The van der Waals surface area contributed by atoms with Gasteiger partial charge in [-0.25, -0.2) is 9.78 Å². The number of aromatic nitrogens is 2. The first-order valence-electron chi connectivity index (χ1n) is 27.7. The third-order valence-electron chi connectivity index (χ3n) is 13.6. The molecule has 1 aromatic carbocycles. The van der Waals surface area contributed by atoms with E-state index in [1.807, 2.05) is 13.8 Å². The highest BCUT2D eigenvalue weighted by Crippen LogP contribution is 2.21. The van der Waals surface area contributed by atoms with Gasteiger partial charge in [-0.2, -0.15) is 0 Å². The van der Waals surface area contributed by atoms with Gasteiger partial charge in [-0.15, -0.1) is 0 Å². The van der Waals surface area contributed by atoms with Crippen molar-refractivity contribution in [2.45, 2.75) is 179 Å². The number of unbranched alkanes of at least 4 members (excludes halogenated alkanes) is 1.